The predicted molar refractivity (Wildman–Crippen MR) is 66.4 cm³/mol. The first-order chi connectivity index (χ1) is 8.08. The van der Waals surface area contributed by atoms with Crippen LogP contribution in [0.15, 0.2) is 36.7 Å². The molecule has 0 unspecified atom stereocenters. The van der Waals surface area contributed by atoms with Crippen LogP contribution in [0.5, 0.6) is 0 Å². The van der Waals surface area contributed by atoms with Gasteiger partial charge in [-0.15, -0.1) is 0 Å². The van der Waals surface area contributed by atoms with E-state index in [-0.39, 0.29) is 5.56 Å². The van der Waals surface area contributed by atoms with Crippen LogP contribution in [0.25, 0.3) is 11.1 Å². The molecule has 0 amide bonds. The highest BCUT2D eigenvalue weighted by molar-refractivity contribution is 6.33. The first-order valence-electron chi connectivity index (χ1n) is 5.03. The van der Waals surface area contributed by atoms with Gasteiger partial charge in [-0.2, -0.15) is 0 Å². The van der Waals surface area contributed by atoms with E-state index in [2.05, 4.69) is 4.98 Å². The molecular formula is C13H10ClNO2. The molecule has 0 aliphatic rings. The fraction of sp³-hybridized carbons (Fsp3) is 0.0769. The van der Waals surface area contributed by atoms with Crippen molar-refractivity contribution in [2.75, 3.05) is 0 Å². The molecule has 86 valence electrons. The van der Waals surface area contributed by atoms with E-state index in [0.717, 1.165) is 11.1 Å². The zero-order valence-electron chi connectivity index (χ0n) is 9.14. The van der Waals surface area contributed by atoms with Gasteiger partial charge in [0.25, 0.3) is 0 Å². The van der Waals surface area contributed by atoms with Gasteiger partial charge < -0.3 is 5.11 Å². The molecule has 4 heteroatoms. The van der Waals surface area contributed by atoms with Gasteiger partial charge in [0.2, 0.25) is 0 Å². The third kappa shape index (κ3) is 2.45. The summed E-state index contributed by atoms with van der Waals surface area (Å²) in [6, 6.07) is 7.19. The summed E-state index contributed by atoms with van der Waals surface area (Å²) in [6.45, 7) is 1.95. The Morgan fingerprint density at radius 1 is 1.29 bits per heavy atom. The van der Waals surface area contributed by atoms with E-state index in [1.165, 1.54) is 6.20 Å². The summed E-state index contributed by atoms with van der Waals surface area (Å²) < 4.78 is 0. The summed E-state index contributed by atoms with van der Waals surface area (Å²) in [5.74, 6) is -0.998. The van der Waals surface area contributed by atoms with Crippen LogP contribution >= 0.6 is 11.6 Å². The number of hydrogen-bond acceptors (Lipinski definition) is 2. The number of carboxylic acid groups (broad SMARTS) is 1. The van der Waals surface area contributed by atoms with Crippen LogP contribution in [0.3, 0.4) is 0 Å². The normalized spacial score (nSPS) is 10.2. The van der Waals surface area contributed by atoms with Crippen molar-refractivity contribution < 1.29 is 9.90 Å². The summed E-state index contributed by atoms with van der Waals surface area (Å²) in [5, 5.41) is 9.49. The summed E-state index contributed by atoms with van der Waals surface area (Å²) in [6.07, 6.45) is 2.91. The number of hydrogen-bond donors (Lipinski definition) is 1. The number of aryl methyl sites for hydroxylation is 1. The Morgan fingerprint density at radius 3 is 2.71 bits per heavy atom. The molecule has 0 saturated heterocycles. The molecule has 0 saturated carbocycles. The highest BCUT2D eigenvalue weighted by atomic mass is 35.5. The molecule has 3 nitrogen and oxygen atoms in total. The number of rotatable bonds is 2. The lowest BCUT2D eigenvalue weighted by molar-refractivity contribution is 0.0696. The standard InChI is InChI=1S/C13H10ClNO2/c1-8-2-3-11(12(14)4-8)9-5-10(13(16)17)7-15-6-9/h2-7H,1H3,(H,16,17). The zero-order chi connectivity index (χ0) is 12.4. The van der Waals surface area contributed by atoms with Crippen molar-refractivity contribution in [3.8, 4) is 11.1 Å². The van der Waals surface area contributed by atoms with E-state index in [1.54, 1.807) is 12.3 Å². The topological polar surface area (TPSA) is 50.2 Å². The summed E-state index contributed by atoms with van der Waals surface area (Å²) in [5.41, 5.74) is 2.70. The zero-order valence-corrected chi connectivity index (χ0v) is 9.90. The van der Waals surface area contributed by atoms with E-state index in [4.69, 9.17) is 16.7 Å². The van der Waals surface area contributed by atoms with E-state index in [9.17, 15) is 4.79 Å². The van der Waals surface area contributed by atoms with Crippen LogP contribution in [0.1, 0.15) is 15.9 Å². The maximum Gasteiger partial charge on any atom is 0.337 e. The number of aromatic nitrogens is 1. The molecule has 0 aliphatic carbocycles. The molecule has 0 radical (unpaired) electrons. The van der Waals surface area contributed by atoms with E-state index in [1.807, 2.05) is 25.1 Å². The Balaban J connectivity index is 2.53. The second-order valence-corrected chi connectivity index (χ2v) is 4.16. The molecule has 1 heterocycles. The van der Waals surface area contributed by atoms with Crippen LogP contribution in [0.2, 0.25) is 5.02 Å². The van der Waals surface area contributed by atoms with Crippen LogP contribution in [-0.2, 0) is 0 Å². The van der Waals surface area contributed by atoms with Crippen molar-refractivity contribution in [3.63, 3.8) is 0 Å². The maximum atomic E-state index is 10.9. The van der Waals surface area contributed by atoms with Gasteiger partial charge in [0.15, 0.2) is 0 Å². The molecule has 0 spiro atoms. The molecule has 0 fully saturated rings. The van der Waals surface area contributed by atoms with Crippen LogP contribution in [0.4, 0.5) is 0 Å². The number of halogens is 1. The molecule has 1 N–H and O–H groups in total. The Kier molecular flexibility index (Phi) is 3.11. The minimum absolute atomic E-state index is 0.152. The second-order valence-electron chi connectivity index (χ2n) is 3.75. The van der Waals surface area contributed by atoms with Gasteiger partial charge in [-0.25, -0.2) is 4.79 Å². The molecule has 2 rings (SSSR count). The minimum Gasteiger partial charge on any atom is -0.478 e. The lowest BCUT2D eigenvalue weighted by atomic mass is 10.0. The van der Waals surface area contributed by atoms with Gasteiger partial charge in [-0.1, -0.05) is 23.7 Å². The first-order valence-corrected chi connectivity index (χ1v) is 5.40. The molecule has 0 atom stereocenters. The largest absolute Gasteiger partial charge is 0.478 e. The minimum atomic E-state index is -0.998. The smallest absolute Gasteiger partial charge is 0.337 e. The number of nitrogens with zero attached hydrogens (tertiary/aromatic N) is 1. The van der Waals surface area contributed by atoms with Crippen molar-refractivity contribution in [1.29, 1.82) is 0 Å². The highest BCUT2D eigenvalue weighted by Crippen LogP contribution is 2.28. The van der Waals surface area contributed by atoms with Gasteiger partial charge in [0, 0.05) is 28.5 Å². The summed E-state index contributed by atoms with van der Waals surface area (Å²) in [7, 11) is 0. The molecule has 0 aliphatic heterocycles. The Morgan fingerprint density at radius 2 is 2.06 bits per heavy atom. The van der Waals surface area contributed by atoms with Crippen molar-refractivity contribution >= 4 is 17.6 Å². The highest BCUT2D eigenvalue weighted by Gasteiger charge is 2.08. The summed E-state index contributed by atoms with van der Waals surface area (Å²) in [4.78, 5) is 14.8. The summed E-state index contributed by atoms with van der Waals surface area (Å²) >= 11 is 6.12. The number of carbonyl (C=O) groups is 1. The van der Waals surface area contributed by atoms with Gasteiger partial charge in [0.1, 0.15) is 0 Å². The lowest BCUT2D eigenvalue weighted by Gasteiger charge is -2.05. The van der Waals surface area contributed by atoms with Gasteiger partial charge in [-0.3, -0.25) is 4.98 Å². The number of carboxylic acids is 1. The molecule has 17 heavy (non-hydrogen) atoms. The van der Waals surface area contributed by atoms with Crippen LogP contribution in [0, 0.1) is 6.92 Å². The average Bonchev–Trinajstić information content (AvgIpc) is 2.29. The van der Waals surface area contributed by atoms with Crippen molar-refractivity contribution in [1.82, 2.24) is 4.98 Å². The Labute approximate surface area is 104 Å². The maximum absolute atomic E-state index is 10.9. The van der Waals surface area contributed by atoms with E-state index in [0.29, 0.717) is 10.6 Å². The van der Waals surface area contributed by atoms with Crippen molar-refractivity contribution in [2.45, 2.75) is 6.92 Å². The predicted octanol–water partition coefficient (Wildman–Crippen LogP) is 3.41. The molecule has 2 aromatic rings. The Bertz CT molecular complexity index is 581. The SMILES string of the molecule is Cc1ccc(-c2cncc(C(=O)O)c2)c(Cl)c1. The van der Waals surface area contributed by atoms with E-state index < -0.39 is 5.97 Å². The third-order valence-corrected chi connectivity index (χ3v) is 2.73. The molecule has 1 aromatic heterocycles. The third-order valence-electron chi connectivity index (χ3n) is 2.42. The fourth-order valence-electron chi connectivity index (χ4n) is 1.56. The van der Waals surface area contributed by atoms with E-state index >= 15 is 0 Å². The van der Waals surface area contributed by atoms with Crippen LogP contribution < -0.4 is 0 Å². The van der Waals surface area contributed by atoms with Crippen molar-refractivity contribution in [2.24, 2.45) is 0 Å². The van der Waals surface area contributed by atoms with Gasteiger partial charge in [-0.05, 0) is 24.6 Å². The number of aromatic carboxylic acids is 1. The quantitative estimate of drug-likeness (QED) is 0.885. The van der Waals surface area contributed by atoms with Gasteiger partial charge in [0.05, 0.1) is 5.56 Å². The number of benzene rings is 1. The lowest BCUT2D eigenvalue weighted by Crippen LogP contribution is -1.97. The monoisotopic (exact) mass is 247 g/mol. The molecular weight excluding hydrogens is 238 g/mol. The van der Waals surface area contributed by atoms with Crippen LogP contribution in [-0.4, -0.2) is 16.1 Å². The second kappa shape index (κ2) is 4.55. The molecule has 1 aromatic carbocycles. The molecule has 0 bridgehead atoms. The Hall–Kier alpha value is -1.87. The number of pyridine rings is 1. The first kappa shape index (κ1) is 11.6. The van der Waals surface area contributed by atoms with Crippen molar-refractivity contribution in [3.05, 3.63) is 52.8 Å². The fourth-order valence-corrected chi connectivity index (χ4v) is 1.90. The average molecular weight is 248 g/mol. The van der Waals surface area contributed by atoms with Gasteiger partial charge >= 0.3 is 5.97 Å².